The number of fused-ring (bicyclic) bond motifs is 1. The SMILES string of the molecule is Cc1nnsc1C(=O)N1CCC(CNC(=O)c2c(C)nc3ccccn23)CC1. The summed E-state index contributed by atoms with van der Waals surface area (Å²) in [5, 5.41) is 6.96. The van der Waals surface area contributed by atoms with Gasteiger partial charge in [-0.1, -0.05) is 10.6 Å². The highest BCUT2D eigenvalue weighted by Crippen LogP contribution is 2.21. The van der Waals surface area contributed by atoms with Gasteiger partial charge in [0.15, 0.2) is 0 Å². The van der Waals surface area contributed by atoms with Crippen LogP contribution in [0.15, 0.2) is 24.4 Å². The number of nitrogens with zero attached hydrogens (tertiary/aromatic N) is 5. The Morgan fingerprint density at radius 1 is 1.21 bits per heavy atom. The van der Waals surface area contributed by atoms with E-state index in [2.05, 4.69) is 19.9 Å². The van der Waals surface area contributed by atoms with Gasteiger partial charge < -0.3 is 10.2 Å². The number of aromatic nitrogens is 4. The molecule has 0 aromatic carbocycles. The van der Waals surface area contributed by atoms with E-state index in [0.29, 0.717) is 41.8 Å². The summed E-state index contributed by atoms with van der Waals surface area (Å²) in [6.45, 7) is 5.63. The van der Waals surface area contributed by atoms with E-state index in [-0.39, 0.29) is 11.8 Å². The van der Waals surface area contributed by atoms with Gasteiger partial charge in [-0.2, -0.15) is 0 Å². The molecule has 4 rings (SSSR count). The molecule has 1 saturated heterocycles. The molecule has 0 radical (unpaired) electrons. The molecule has 1 aliphatic heterocycles. The molecule has 3 aromatic rings. The number of carbonyl (C=O) groups excluding carboxylic acids is 2. The molecule has 8 nitrogen and oxygen atoms in total. The van der Waals surface area contributed by atoms with E-state index in [1.165, 1.54) is 0 Å². The molecule has 28 heavy (non-hydrogen) atoms. The molecule has 0 saturated carbocycles. The predicted octanol–water partition coefficient (Wildman–Crippen LogP) is 2.08. The van der Waals surface area contributed by atoms with E-state index in [1.807, 2.05) is 40.6 Å². The number of imidazole rings is 1. The lowest BCUT2D eigenvalue weighted by Crippen LogP contribution is -2.41. The van der Waals surface area contributed by atoms with E-state index < -0.39 is 0 Å². The zero-order valence-corrected chi connectivity index (χ0v) is 16.7. The van der Waals surface area contributed by atoms with Gasteiger partial charge in [0.1, 0.15) is 16.2 Å². The van der Waals surface area contributed by atoms with Gasteiger partial charge in [-0.3, -0.25) is 14.0 Å². The number of aryl methyl sites for hydroxylation is 2. The van der Waals surface area contributed by atoms with Crippen LogP contribution in [-0.2, 0) is 0 Å². The average Bonchev–Trinajstić information content (AvgIpc) is 3.28. The lowest BCUT2D eigenvalue weighted by Gasteiger charge is -2.31. The molecule has 1 aliphatic rings. The predicted molar refractivity (Wildman–Crippen MR) is 106 cm³/mol. The highest BCUT2D eigenvalue weighted by Gasteiger charge is 2.26. The largest absolute Gasteiger partial charge is 0.350 e. The van der Waals surface area contributed by atoms with Crippen molar-refractivity contribution in [1.82, 2.24) is 29.2 Å². The highest BCUT2D eigenvalue weighted by molar-refractivity contribution is 7.07. The van der Waals surface area contributed by atoms with Gasteiger partial charge in [-0.25, -0.2) is 4.98 Å². The Morgan fingerprint density at radius 2 is 2.00 bits per heavy atom. The van der Waals surface area contributed by atoms with Gasteiger partial charge in [-0.05, 0) is 56.3 Å². The molecule has 0 bridgehead atoms. The Labute approximate surface area is 166 Å². The molecule has 0 unspecified atom stereocenters. The van der Waals surface area contributed by atoms with E-state index in [0.717, 1.165) is 35.7 Å². The first kappa shape index (κ1) is 18.5. The standard InChI is InChI=1S/C19H22N6O2S/c1-12-16(25-8-4-3-5-15(25)21-12)18(26)20-11-14-6-9-24(10-7-14)19(27)17-13(2)22-23-28-17/h3-5,8,14H,6-7,9-11H2,1-2H3,(H,20,26). The molecule has 0 atom stereocenters. The van der Waals surface area contributed by atoms with Crippen LogP contribution in [0, 0.1) is 19.8 Å². The van der Waals surface area contributed by atoms with Gasteiger partial charge in [0.05, 0.1) is 11.4 Å². The Bertz CT molecular complexity index is 1020. The fourth-order valence-corrected chi connectivity index (χ4v) is 4.24. The maximum Gasteiger partial charge on any atom is 0.270 e. The van der Waals surface area contributed by atoms with E-state index >= 15 is 0 Å². The number of hydrogen-bond acceptors (Lipinski definition) is 6. The van der Waals surface area contributed by atoms with E-state index in [1.54, 1.807) is 6.92 Å². The van der Waals surface area contributed by atoms with Crippen molar-refractivity contribution >= 4 is 29.0 Å². The lowest BCUT2D eigenvalue weighted by molar-refractivity contribution is 0.0688. The minimum Gasteiger partial charge on any atom is -0.350 e. The van der Waals surface area contributed by atoms with Crippen molar-refractivity contribution in [3.63, 3.8) is 0 Å². The summed E-state index contributed by atoms with van der Waals surface area (Å²) in [6, 6.07) is 5.68. The topological polar surface area (TPSA) is 92.5 Å². The van der Waals surface area contributed by atoms with Crippen molar-refractivity contribution in [2.24, 2.45) is 5.92 Å². The Balaban J connectivity index is 1.33. The third-order valence-electron chi connectivity index (χ3n) is 5.22. The van der Waals surface area contributed by atoms with Crippen LogP contribution in [0.4, 0.5) is 0 Å². The number of nitrogens with one attached hydrogen (secondary N) is 1. The van der Waals surface area contributed by atoms with Crippen LogP contribution in [0.5, 0.6) is 0 Å². The fraction of sp³-hybridized carbons (Fsp3) is 0.421. The van der Waals surface area contributed by atoms with Crippen LogP contribution in [0.3, 0.4) is 0 Å². The Hall–Kier alpha value is -2.81. The van der Waals surface area contributed by atoms with Crippen molar-refractivity contribution < 1.29 is 9.59 Å². The van der Waals surface area contributed by atoms with Gasteiger partial charge in [-0.15, -0.1) is 5.10 Å². The maximum atomic E-state index is 12.7. The molecule has 2 amide bonds. The third kappa shape index (κ3) is 3.49. The molecule has 9 heteroatoms. The van der Waals surface area contributed by atoms with Crippen LogP contribution in [0.25, 0.3) is 5.65 Å². The first-order valence-corrected chi connectivity index (χ1v) is 10.1. The molecule has 1 N–H and O–H groups in total. The summed E-state index contributed by atoms with van der Waals surface area (Å²) < 4.78 is 5.66. The van der Waals surface area contributed by atoms with Crippen LogP contribution in [0.2, 0.25) is 0 Å². The van der Waals surface area contributed by atoms with Crippen molar-refractivity contribution in [2.45, 2.75) is 26.7 Å². The number of piperidine rings is 1. The normalized spacial score (nSPS) is 15.1. The summed E-state index contributed by atoms with van der Waals surface area (Å²) in [7, 11) is 0. The summed E-state index contributed by atoms with van der Waals surface area (Å²) in [5.74, 6) is 0.255. The maximum absolute atomic E-state index is 12.7. The Kier molecular flexibility index (Phi) is 5.08. The zero-order chi connectivity index (χ0) is 19.7. The van der Waals surface area contributed by atoms with Crippen LogP contribution < -0.4 is 5.32 Å². The van der Waals surface area contributed by atoms with Gasteiger partial charge in [0.25, 0.3) is 11.8 Å². The number of hydrogen-bond donors (Lipinski definition) is 1. The van der Waals surface area contributed by atoms with Crippen molar-refractivity contribution in [3.05, 3.63) is 46.4 Å². The number of likely N-dealkylation sites (tertiary alicyclic amines) is 1. The summed E-state index contributed by atoms with van der Waals surface area (Å²) in [6.07, 6.45) is 3.58. The molecular weight excluding hydrogens is 376 g/mol. The minimum atomic E-state index is -0.110. The number of carbonyl (C=O) groups is 2. The van der Waals surface area contributed by atoms with Crippen molar-refractivity contribution in [3.8, 4) is 0 Å². The van der Waals surface area contributed by atoms with Crippen LogP contribution in [0.1, 0.15) is 44.4 Å². The lowest BCUT2D eigenvalue weighted by atomic mass is 9.96. The molecule has 0 aliphatic carbocycles. The van der Waals surface area contributed by atoms with Crippen LogP contribution >= 0.6 is 11.5 Å². The first-order valence-electron chi connectivity index (χ1n) is 9.34. The average molecular weight is 398 g/mol. The monoisotopic (exact) mass is 398 g/mol. The summed E-state index contributed by atoms with van der Waals surface area (Å²) >= 11 is 1.15. The van der Waals surface area contributed by atoms with Crippen molar-refractivity contribution in [1.29, 1.82) is 0 Å². The molecule has 4 heterocycles. The fourth-order valence-electron chi connectivity index (χ4n) is 3.62. The van der Waals surface area contributed by atoms with Crippen molar-refractivity contribution in [2.75, 3.05) is 19.6 Å². The summed E-state index contributed by atoms with van der Waals surface area (Å²) in [5.41, 5.74) is 2.76. The van der Waals surface area contributed by atoms with Crippen LogP contribution in [-0.4, -0.2) is 55.3 Å². The third-order valence-corrected chi connectivity index (χ3v) is 6.03. The molecule has 3 aromatic heterocycles. The second-order valence-corrected chi connectivity index (χ2v) is 7.86. The van der Waals surface area contributed by atoms with E-state index in [9.17, 15) is 9.59 Å². The molecule has 1 fully saturated rings. The second-order valence-electron chi connectivity index (χ2n) is 7.11. The van der Waals surface area contributed by atoms with Gasteiger partial charge in [0.2, 0.25) is 0 Å². The minimum absolute atomic E-state index is 0.0105. The highest BCUT2D eigenvalue weighted by atomic mass is 32.1. The smallest absolute Gasteiger partial charge is 0.270 e. The molecule has 0 spiro atoms. The second kappa shape index (κ2) is 7.67. The quantitative estimate of drug-likeness (QED) is 0.726. The summed E-state index contributed by atoms with van der Waals surface area (Å²) in [4.78, 5) is 32.2. The molecule has 146 valence electrons. The first-order chi connectivity index (χ1) is 13.5. The number of pyridine rings is 1. The Morgan fingerprint density at radius 3 is 2.71 bits per heavy atom. The van der Waals surface area contributed by atoms with Gasteiger partial charge in [0, 0.05) is 25.8 Å². The van der Waals surface area contributed by atoms with E-state index in [4.69, 9.17) is 0 Å². The van der Waals surface area contributed by atoms with Gasteiger partial charge >= 0.3 is 0 Å². The zero-order valence-electron chi connectivity index (χ0n) is 15.9. The molecular formula is C19H22N6O2S. The number of rotatable bonds is 4. The number of amides is 2.